The first-order chi connectivity index (χ1) is 10.9. The van der Waals surface area contributed by atoms with E-state index in [1.54, 1.807) is 0 Å². The highest BCUT2D eigenvalue weighted by atomic mass is 79.9. The fraction of sp³-hybridized carbons (Fsp3) is 0.385. The van der Waals surface area contributed by atoms with Crippen LogP contribution < -0.4 is 5.32 Å². The summed E-state index contributed by atoms with van der Waals surface area (Å²) in [6.45, 7) is -0.103. The molecule has 1 saturated heterocycles. The normalized spacial score (nSPS) is 19.6. The molecule has 0 spiro atoms. The van der Waals surface area contributed by atoms with E-state index in [-0.39, 0.29) is 30.0 Å². The molecule has 1 aliphatic rings. The molecule has 8 nitrogen and oxygen atoms in total. The van der Waals surface area contributed by atoms with E-state index in [2.05, 4.69) is 36.7 Å². The highest BCUT2D eigenvalue weighted by Crippen LogP contribution is 2.24. The number of rotatable bonds is 4. The van der Waals surface area contributed by atoms with Gasteiger partial charge in [-0.05, 0) is 23.8 Å². The maximum absolute atomic E-state index is 11.9. The van der Waals surface area contributed by atoms with E-state index in [9.17, 15) is 13.2 Å². The van der Waals surface area contributed by atoms with Crippen LogP contribution in [0.1, 0.15) is 6.42 Å². The summed E-state index contributed by atoms with van der Waals surface area (Å²) < 4.78 is 23.6. The van der Waals surface area contributed by atoms with Crippen molar-refractivity contribution in [3.63, 3.8) is 0 Å². The van der Waals surface area contributed by atoms with Gasteiger partial charge in [-0.2, -0.15) is 4.80 Å². The van der Waals surface area contributed by atoms with Crippen molar-refractivity contribution < 1.29 is 13.2 Å². The lowest BCUT2D eigenvalue weighted by Gasteiger charge is -2.09. The third-order valence-electron chi connectivity index (χ3n) is 3.45. The second-order valence-corrected chi connectivity index (χ2v) is 8.37. The van der Waals surface area contributed by atoms with Crippen LogP contribution in [0.2, 0.25) is 0 Å². The van der Waals surface area contributed by atoms with Gasteiger partial charge in [0, 0.05) is 16.1 Å². The fourth-order valence-electron chi connectivity index (χ4n) is 2.37. The molecule has 0 aliphatic carbocycles. The van der Waals surface area contributed by atoms with Crippen molar-refractivity contribution in [1.29, 1.82) is 0 Å². The average Bonchev–Trinajstić information content (AvgIpc) is 3.06. The van der Waals surface area contributed by atoms with Gasteiger partial charge >= 0.3 is 0 Å². The zero-order chi connectivity index (χ0) is 16.4. The minimum Gasteiger partial charge on any atom is -0.351 e. The monoisotopic (exact) mass is 399 g/mol. The quantitative estimate of drug-likeness (QED) is 0.797. The van der Waals surface area contributed by atoms with Gasteiger partial charge in [0.25, 0.3) is 0 Å². The summed E-state index contributed by atoms with van der Waals surface area (Å²) in [5, 5.41) is 14.6. The summed E-state index contributed by atoms with van der Waals surface area (Å²) in [6, 6.07) is 7.10. The molecule has 1 N–H and O–H groups in total. The highest BCUT2D eigenvalue weighted by Gasteiger charge is 2.29. The van der Waals surface area contributed by atoms with Crippen LogP contribution in [0.25, 0.3) is 11.4 Å². The van der Waals surface area contributed by atoms with Crippen LogP contribution in [0.15, 0.2) is 28.7 Å². The third-order valence-corrected chi connectivity index (χ3v) is 5.91. The third kappa shape index (κ3) is 3.94. The van der Waals surface area contributed by atoms with Crippen LogP contribution in [0.4, 0.5) is 0 Å². The SMILES string of the molecule is O=C(Cn1nnc(-c2ccccc2Br)n1)N[C@@H]1CCS(=O)(=O)C1. The number of tetrazole rings is 1. The molecule has 1 aromatic carbocycles. The summed E-state index contributed by atoms with van der Waals surface area (Å²) in [7, 11) is -3.02. The van der Waals surface area contributed by atoms with Gasteiger partial charge < -0.3 is 5.32 Å². The molecule has 0 saturated carbocycles. The van der Waals surface area contributed by atoms with Crippen molar-refractivity contribution in [2.75, 3.05) is 11.5 Å². The van der Waals surface area contributed by atoms with Crippen molar-refractivity contribution >= 4 is 31.7 Å². The molecule has 1 atom stereocenters. The zero-order valence-electron chi connectivity index (χ0n) is 12.0. The Morgan fingerprint density at radius 1 is 1.39 bits per heavy atom. The summed E-state index contributed by atoms with van der Waals surface area (Å²) in [5.74, 6) is 0.189. The van der Waals surface area contributed by atoms with Crippen molar-refractivity contribution in [3.05, 3.63) is 28.7 Å². The molecule has 3 rings (SSSR count). The maximum Gasteiger partial charge on any atom is 0.243 e. The smallest absolute Gasteiger partial charge is 0.243 e. The Hall–Kier alpha value is -1.81. The Labute approximate surface area is 141 Å². The largest absolute Gasteiger partial charge is 0.351 e. The number of aromatic nitrogens is 4. The zero-order valence-corrected chi connectivity index (χ0v) is 14.4. The van der Waals surface area contributed by atoms with Gasteiger partial charge in [0.15, 0.2) is 9.84 Å². The summed E-state index contributed by atoms with van der Waals surface area (Å²) in [4.78, 5) is 13.1. The second-order valence-electron chi connectivity index (χ2n) is 5.29. The van der Waals surface area contributed by atoms with Crippen molar-refractivity contribution in [2.45, 2.75) is 19.0 Å². The van der Waals surface area contributed by atoms with Crippen LogP contribution >= 0.6 is 15.9 Å². The second kappa shape index (κ2) is 6.36. The van der Waals surface area contributed by atoms with E-state index in [0.717, 1.165) is 10.0 Å². The summed E-state index contributed by atoms with van der Waals surface area (Å²) >= 11 is 3.41. The number of carbonyl (C=O) groups excluding carboxylic acids is 1. The van der Waals surface area contributed by atoms with Gasteiger partial charge in [0.1, 0.15) is 6.54 Å². The van der Waals surface area contributed by atoms with Gasteiger partial charge in [-0.3, -0.25) is 4.79 Å². The first-order valence-electron chi connectivity index (χ1n) is 6.95. The molecule has 2 aromatic rings. The molecule has 10 heteroatoms. The Kier molecular flexibility index (Phi) is 4.44. The lowest BCUT2D eigenvalue weighted by Crippen LogP contribution is -2.38. The van der Waals surface area contributed by atoms with Crippen LogP contribution in [-0.2, 0) is 21.2 Å². The van der Waals surface area contributed by atoms with E-state index in [4.69, 9.17) is 0 Å². The highest BCUT2D eigenvalue weighted by molar-refractivity contribution is 9.10. The number of amides is 1. The molecule has 2 heterocycles. The van der Waals surface area contributed by atoms with Gasteiger partial charge in [-0.1, -0.05) is 28.1 Å². The van der Waals surface area contributed by atoms with Crippen LogP contribution in [0, 0.1) is 0 Å². The fourth-order valence-corrected chi connectivity index (χ4v) is 4.51. The van der Waals surface area contributed by atoms with Gasteiger partial charge in [0.05, 0.1) is 11.5 Å². The Morgan fingerprint density at radius 2 is 2.17 bits per heavy atom. The molecule has 1 aliphatic heterocycles. The van der Waals surface area contributed by atoms with E-state index in [1.807, 2.05) is 24.3 Å². The minimum atomic E-state index is -3.02. The predicted molar refractivity (Wildman–Crippen MR) is 86.2 cm³/mol. The number of carbonyl (C=O) groups is 1. The Bertz CT molecular complexity index is 836. The van der Waals surface area contributed by atoms with Crippen molar-refractivity contribution in [3.8, 4) is 11.4 Å². The molecule has 0 unspecified atom stereocenters. The molecule has 0 bridgehead atoms. The van der Waals surface area contributed by atoms with E-state index in [0.29, 0.717) is 12.2 Å². The van der Waals surface area contributed by atoms with Crippen LogP contribution in [-0.4, -0.2) is 52.1 Å². The number of nitrogens with zero attached hydrogens (tertiary/aromatic N) is 4. The van der Waals surface area contributed by atoms with E-state index >= 15 is 0 Å². The first kappa shape index (κ1) is 16.1. The predicted octanol–water partition coefficient (Wildman–Crippen LogP) is 0.406. The molecular formula is C13H14BrN5O3S. The summed E-state index contributed by atoms with van der Waals surface area (Å²) in [5.41, 5.74) is 0.779. The van der Waals surface area contributed by atoms with Crippen molar-refractivity contribution in [1.82, 2.24) is 25.5 Å². The van der Waals surface area contributed by atoms with Gasteiger partial charge in [-0.15, -0.1) is 10.2 Å². The maximum atomic E-state index is 11.9. The number of hydrogen-bond donors (Lipinski definition) is 1. The molecule has 0 radical (unpaired) electrons. The van der Waals surface area contributed by atoms with Crippen molar-refractivity contribution in [2.24, 2.45) is 0 Å². The van der Waals surface area contributed by atoms with Crippen LogP contribution in [0.5, 0.6) is 0 Å². The van der Waals surface area contributed by atoms with E-state index < -0.39 is 9.84 Å². The molecule has 1 amide bonds. The molecular weight excluding hydrogens is 386 g/mol. The molecule has 1 aromatic heterocycles. The average molecular weight is 400 g/mol. The van der Waals surface area contributed by atoms with Crippen LogP contribution in [0.3, 0.4) is 0 Å². The molecule has 23 heavy (non-hydrogen) atoms. The summed E-state index contributed by atoms with van der Waals surface area (Å²) in [6.07, 6.45) is 0.446. The van der Waals surface area contributed by atoms with E-state index in [1.165, 1.54) is 4.80 Å². The standard InChI is InChI=1S/C13H14BrN5O3S/c14-11-4-2-1-3-10(11)13-16-18-19(17-13)7-12(20)15-9-5-6-23(21,22)8-9/h1-4,9H,5-8H2,(H,15,20)/t9-/m1/s1. The minimum absolute atomic E-state index is 0.00820. The number of nitrogens with one attached hydrogen (secondary N) is 1. The first-order valence-corrected chi connectivity index (χ1v) is 9.57. The lowest BCUT2D eigenvalue weighted by atomic mass is 10.2. The number of hydrogen-bond acceptors (Lipinski definition) is 6. The van der Waals surface area contributed by atoms with Gasteiger partial charge in [-0.25, -0.2) is 8.42 Å². The number of sulfone groups is 1. The lowest BCUT2D eigenvalue weighted by molar-refractivity contribution is -0.122. The molecule has 122 valence electrons. The van der Waals surface area contributed by atoms with Gasteiger partial charge in [0.2, 0.25) is 11.7 Å². The topological polar surface area (TPSA) is 107 Å². The Morgan fingerprint density at radius 3 is 2.87 bits per heavy atom. The number of halogens is 1. The Balaban J connectivity index is 1.63. The molecule has 1 fully saturated rings. The number of benzene rings is 1.